The van der Waals surface area contributed by atoms with Gasteiger partial charge in [0.1, 0.15) is 0 Å². The Bertz CT molecular complexity index is 491. The third kappa shape index (κ3) is 5.94. The Morgan fingerprint density at radius 2 is 1.04 bits per heavy atom. The van der Waals surface area contributed by atoms with Gasteiger partial charge in [-0.05, 0) is 23.2 Å². The molecule has 0 bridgehead atoms. The SMILES string of the molecule is CCC[Si](CCC)(OCc1ccccc1)OCc1ccccc1. The number of rotatable bonds is 10. The molecule has 0 aliphatic carbocycles. The van der Waals surface area contributed by atoms with Crippen molar-refractivity contribution in [2.45, 2.75) is 52.0 Å². The third-order valence-corrected chi connectivity index (χ3v) is 7.82. The Hall–Kier alpha value is -1.42. The van der Waals surface area contributed by atoms with Gasteiger partial charge in [-0.3, -0.25) is 0 Å². The van der Waals surface area contributed by atoms with Gasteiger partial charge in [0.25, 0.3) is 0 Å². The fraction of sp³-hybridized carbons (Fsp3) is 0.400. The lowest BCUT2D eigenvalue weighted by atomic mass is 10.2. The molecule has 2 rings (SSSR count). The molecule has 0 saturated carbocycles. The van der Waals surface area contributed by atoms with Gasteiger partial charge in [0.2, 0.25) is 0 Å². The van der Waals surface area contributed by atoms with Crippen LogP contribution in [0.1, 0.15) is 37.8 Å². The van der Waals surface area contributed by atoms with Crippen LogP contribution in [0, 0.1) is 0 Å². The quantitative estimate of drug-likeness (QED) is 0.522. The summed E-state index contributed by atoms with van der Waals surface area (Å²) in [5.41, 5.74) is 2.44. The molecule has 0 fully saturated rings. The van der Waals surface area contributed by atoms with Crippen molar-refractivity contribution in [1.82, 2.24) is 0 Å². The Morgan fingerprint density at radius 1 is 0.652 bits per heavy atom. The van der Waals surface area contributed by atoms with Gasteiger partial charge in [-0.2, -0.15) is 0 Å². The average Bonchev–Trinajstić information content (AvgIpc) is 2.60. The van der Waals surface area contributed by atoms with Crippen molar-refractivity contribution >= 4 is 8.56 Å². The maximum atomic E-state index is 6.44. The monoisotopic (exact) mass is 328 g/mol. The van der Waals surface area contributed by atoms with Crippen LogP contribution in [-0.4, -0.2) is 8.56 Å². The van der Waals surface area contributed by atoms with Crippen LogP contribution < -0.4 is 0 Å². The van der Waals surface area contributed by atoms with E-state index >= 15 is 0 Å². The molecule has 0 unspecified atom stereocenters. The summed E-state index contributed by atoms with van der Waals surface area (Å²) in [4.78, 5) is 0. The van der Waals surface area contributed by atoms with E-state index in [1.165, 1.54) is 11.1 Å². The predicted octanol–water partition coefficient (Wildman–Crippen LogP) is 5.68. The maximum absolute atomic E-state index is 6.44. The van der Waals surface area contributed by atoms with E-state index in [9.17, 15) is 0 Å². The summed E-state index contributed by atoms with van der Waals surface area (Å²) in [7, 11) is -2.16. The van der Waals surface area contributed by atoms with Gasteiger partial charge in [-0.25, -0.2) is 0 Å². The van der Waals surface area contributed by atoms with Crippen molar-refractivity contribution in [3.8, 4) is 0 Å². The van der Waals surface area contributed by atoms with E-state index in [1.54, 1.807) is 0 Å². The summed E-state index contributed by atoms with van der Waals surface area (Å²) in [6.45, 7) is 5.74. The summed E-state index contributed by atoms with van der Waals surface area (Å²) in [5, 5.41) is 0. The molecule has 124 valence electrons. The van der Waals surface area contributed by atoms with Gasteiger partial charge >= 0.3 is 8.56 Å². The van der Waals surface area contributed by atoms with Crippen LogP contribution in [0.2, 0.25) is 12.1 Å². The standard InChI is InChI=1S/C20H28O2Si/c1-3-15-23(16-4-2,21-17-19-11-7-5-8-12-19)22-18-20-13-9-6-10-14-20/h5-14H,3-4,15-18H2,1-2H3. The Morgan fingerprint density at radius 3 is 1.39 bits per heavy atom. The molecule has 2 aromatic rings. The van der Waals surface area contributed by atoms with E-state index < -0.39 is 8.56 Å². The first-order chi connectivity index (χ1) is 11.3. The number of hydrogen-bond donors (Lipinski definition) is 0. The third-order valence-electron chi connectivity index (χ3n) is 3.95. The van der Waals surface area contributed by atoms with E-state index in [4.69, 9.17) is 8.85 Å². The van der Waals surface area contributed by atoms with Crippen molar-refractivity contribution in [2.75, 3.05) is 0 Å². The van der Waals surface area contributed by atoms with Crippen molar-refractivity contribution in [3.05, 3.63) is 71.8 Å². The maximum Gasteiger partial charge on any atom is 0.338 e. The molecule has 0 aromatic heterocycles. The molecule has 0 saturated heterocycles. The fourth-order valence-corrected chi connectivity index (χ4v) is 6.09. The number of benzene rings is 2. The second kappa shape index (κ2) is 9.66. The first-order valence-corrected chi connectivity index (χ1v) is 10.9. The normalized spacial score (nSPS) is 11.6. The second-order valence-corrected chi connectivity index (χ2v) is 9.36. The van der Waals surface area contributed by atoms with Gasteiger partial charge in [-0.15, -0.1) is 0 Å². The minimum atomic E-state index is -2.16. The molecule has 0 amide bonds. The number of hydrogen-bond acceptors (Lipinski definition) is 2. The summed E-state index contributed by atoms with van der Waals surface area (Å²) >= 11 is 0. The molecule has 0 atom stereocenters. The van der Waals surface area contributed by atoms with Crippen molar-refractivity contribution in [3.63, 3.8) is 0 Å². The van der Waals surface area contributed by atoms with E-state index in [2.05, 4.69) is 62.4 Å². The van der Waals surface area contributed by atoms with E-state index in [1.807, 2.05) is 12.1 Å². The molecule has 0 heterocycles. The lowest BCUT2D eigenvalue weighted by Gasteiger charge is -2.30. The molecule has 0 radical (unpaired) electrons. The second-order valence-electron chi connectivity index (χ2n) is 5.96. The largest absolute Gasteiger partial charge is 0.390 e. The fourth-order valence-electron chi connectivity index (χ4n) is 2.80. The molecule has 23 heavy (non-hydrogen) atoms. The highest BCUT2D eigenvalue weighted by molar-refractivity contribution is 6.67. The average molecular weight is 329 g/mol. The van der Waals surface area contributed by atoms with Crippen LogP contribution >= 0.6 is 0 Å². The van der Waals surface area contributed by atoms with Crippen molar-refractivity contribution in [1.29, 1.82) is 0 Å². The van der Waals surface area contributed by atoms with Crippen molar-refractivity contribution < 1.29 is 8.85 Å². The highest BCUT2D eigenvalue weighted by Crippen LogP contribution is 2.26. The van der Waals surface area contributed by atoms with Crippen LogP contribution in [0.5, 0.6) is 0 Å². The molecule has 2 nitrogen and oxygen atoms in total. The van der Waals surface area contributed by atoms with Gasteiger partial charge in [0.05, 0.1) is 13.2 Å². The van der Waals surface area contributed by atoms with Crippen LogP contribution in [0.3, 0.4) is 0 Å². The first kappa shape index (κ1) is 17.9. The van der Waals surface area contributed by atoms with Crippen LogP contribution in [0.4, 0.5) is 0 Å². The van der Waals surface area contributed by atoms with Gasteiger partial charge in [0.15, 0.2) is 0 Å². The van der Waals surface area contributed by atoms with Crippen LogP contribution in [0.15, 0.2) is 60.7 Å². The van der Waals surface area contributed by atoms with Gasteiger partial charge in [-0.1, -0.05) is 87.4 Å². The highest BCUT2D eigenvalue weighted by atomic mass is 28.4. The highest BCUT2D eigenvalue weighted by Gasteiger charge is 2.35. The van der Waals surface area contributed by atoms with Crippen LogP contribution in [-0.2, 0) is 22.1 Å². The van der Waals surface area contributed by atoms with E-state index in [0.29, 0.717) is 13.2 Å². The van der Waals surface area contributed by atoms with Gasteiger partial charge < -0.3 is 8.85 Å². The zero-order valence-corrected chi connectivity index (χ0v) is 15.3. The first-order valence-electron chi connectivity index (χ1n) is 8.64. The molecule has 3 heteroatoms. The van der Waals surface area contributed by atoms with Crippen molar-refractivity contribution in [2.24, 2.45) is 0 Å². The zero-order valence-electron chi connectivity index (χ0n) is 14.3. The van der Waals surface area contributed by atoms with E-state index in [-0.39, 0.29) is 0 Å². The molecular weight excluding hydrogens is 300 g/mol. The minimum Gasteiger partial charge on any atom is -0.390 e. The Balaban J connectivity index is 2.03. The van der Waals surface area contributed by atoms with Gasteiger partial charge in [0, 0.05) is 0 Å². The molecule has 0 N–H and O–H groups in total. The molecule has 0 spiro atoms. The molecule has 0 aliphatic heterocycles. The zero-order chi connectivity index (χ0) is 16.4. The van der Waals surface area contributed by atoms with Crippen LogP contribution in [0.25, 0.3) is 0 Å². The topological polar surface area (TPSA) is 18.5 Å². The Labute approximate surface area is 141 Å². The smallest absolute Gasteiger partial charge is 0.338 e. The molecular formula is C20H28O2Si. The van der Waals surface area contributed by atoms with E-state index in [0.717, 1.165) is 24.9 Å². The molecule has 2 aromatic carbocycles. The summed E-state index contributed by atoms with van der Waals surface area (Å²) in [5.74, 6) is 0. The summed E-state index contributed by atoms with van der Waals surface area (Å²) in [6, 6.07) is 22.9. The summed E-state index contributed by atoms with van der Waals surface area (Å²) < 4.78 is 12.9. The minimum absolute atomic E-state index is 0.655. The lowest BCUT2D eigenvalue weighted by Crippen LogP contribution is -2.41. The summed E-state index contributed by atoms with van der Waals surface area (Å²) in [6.07, 6.45) is 2.21. The Kier molecular flexibility index (Phi) is 7.53. The lowest BCUT2D eigenvalue weighted by molar-refractivity contribution is 0.151. The molecule has 0 aliphatic rings. The predicted molar refractivity (Wildman–Crippen MR) is 98.4 cm³/mol.